The van der Waals surface area contributed by atoms with Gasteiger partial charge in [0.05, 0.1) is 23.7 Å². The Morgan fingerprint density at radius 2 is 1.70 bits per heavy atom. The monoisotopic (exact) mass is 470 g/mol. The van der Waals surface area contributed by atoms with Gasteiger partial charge in [-0.05, 0) is 61.5 Å². The van der Waals surface area contributed by atoms with Gasteiger partial charge in [-0.3, -0.25) is 9.59 Å². The molecule has 0 aliphatic rings. The molecule has 0 radical (unpaired) electrons. The number of nitrogens with one attached hydrogen (secondary N) is 2. The zero-order chi connectivity index (χ0) is 23.8. The minimum absolute atomic E-state index is 0.0176. The average molecular weight is 471 g/mol. The van der Waals surface area contributed by atoms with Crippen molar-refractivity contribution in [3.63, 3.8) is 0 Å². The number of benzene rings is 2. The van der Waals surface area contributed by atoms with Gasteiger partial charge in [-0.1, -0.05) is 6.92 Å². The Labute approximate surface area is 192 Å². The largest absolute Gasteiger partial charge is 0.494 e. The lowest BCUT2D eigenvalue weighted by molar-refractivity contribution is -0.115. The van der Waals surface area contributed by atoms with E-state index in [4.69, 9.17) is 4.74 Å². The lowest BCUT2D eigenvalue weighted by Gasteiger charge is -2.10. The first-order valence-electron chi connectivity index (χ1n) is 10.5. The molecule has 174 valence electrons. The van der Waals surface area contributed by atoms with Crippen molar-refractivity contribution >= 4 is 21.6 Å². The molecule has 0 unspecified atom stereocenters. The van der Waals surface area contributed by atoms with Crippen LogP contribution in [0.25, 0.3) is 11.3 Å². The number of anilines is 1. The summed E-state index contributed by atoms with van der Waals surface area (Å²) in [6.07, 6.45) is 0.328. The third-order valence-corrected chi connectivity index (χ3v) is 6.19. The van der Waals surface area contributed by atoms with E-state index < -0.39 is 10.0 Å². The van der Waals surface area contributed by atoms with Gasteiger partial charge in [0.25, 0.3) is 5.56 Å². The van der Waals surface area contributed by atoms with Gasteiger partial charge in [0.1, 0.15) is 5.75 Å². The maximum Gasteiger partial charge on any atom is 0.266 e. The zero-order valence-corrected chi connectivity index (χ0v) is 19.3. The highest BCUT2D eigenvalue weighted by molar-refractivity contribution is 7.89. The Morgan fingerprint density at radius 1 is 1.00 bits per heavy atom. The van der Waals surface area contributed by atoms with Crippen LogP contribution in [0.1, 0.15) is 20.3 Å². The molecule has 1 aromatic heterocycles. The first-order chi connectivity index (χ1) is 15.8. The summed E-state index contributed by atoms with van der Waals surface area (Å²) in [4.78, 5) is 23.7. The van der Waals surface area contributed by atoms with Crippen molar-refractivity contribution in [2.24, 2.45) is 0 Å². The number of carbonyl (C=O) groups excluding carboxylic acids is 1. The molecule has 3 rings (SSSR count). The zero-order valence-electron chi connectivity index (χ0n) is 18.4. The molecule has 33 heavy (non-hydrogen) atoms. The molecule has 0 atom stereocenters. The molecule has 0 spiro atoms. The van der Waals surface area contributed by atoms with Crippen LogP contribution in [0.5, 0.6) is 5.75 Å². The molecule has 2 aromatic carbocycles. The summed E-state index contributed by atoms with van der Waals surface area (Å²) in [6.45, 7) is 4.25. The molecule has 1 heterocycles. The van der Waals surface area contributed by atoms with E-state index in [0.29, 0.717) is 24.4 Å². The van der Waals surface area contributed by atoms with Gasteiger partial charge in [0.15, 0.2) is 0 Å². The number of carbonyl (C=O) groups is 1. The average Bonchev–Trinajstić information content (AvgIpc) is 2.81. The Hall–Kier alpha value is -3.50. The molecule has 0 fully saturated rings. The molecule has 10 heteroatoms. The highest BCUT2D eigenvalue weighted by Gasteiger charge is 2.14. The van der Waals surface area contributed by atoms with Crippen LogP contribution in [0.2, 0.25) is 0 Å². The molecular weight excluding hydrogens is 444 g/mol. The second-order valence-electron chi connectivity index (χ2n) is 7.06. The van der Waals surface area contributed by atoms with Crippen LogP contribution in [0.3, 0.4) is 0 Å². The minimum Gasteiger partial charge on any atom is -0.494 e. The van der Waals surface area contributed by atoms with Crippen molar-refractivity contribution in [3.8, 4) is 17.0 Å². The Kier molecular flexibility index (Phi) is 7.96. The van der Waals surface area contributed by atoms with Crippen molar-refractivity contribution in [2.75, 3.05) is 18.5 Å². The molecule has 3 aromatic rings. The SMILES string of the molecule is CCOc1ccc(-c2ccc(=O)n(CCNS(=O)(=O)c3ccc(NC(=O)CC)cc3)n2)cc1. The second-order valence-corrected chi connectivity index (χ2v) is 8.83. The molecule has 9 nitrogen and oxygen atoms in total. The summed E-state index contributed by atoms with van der Waals surface area (Å²) in [6, 6.07) is 16.2. The Balaban J connectivity index is 1.65. The second kappa shape index (κ2) is 10.9. The lowest BCUT2D eigenvalue weighted by Crippen LogP contribution is -2.32. The van der Waals surface area contributed by atoms with Gasteiger partial charge in [0, 0.05) is 30.3 Å². The van der Waals surface area contributed by atoms with E-state index in [-0.39, 0.29) is 29.5 Å². The number of amides is 1. The van der Waals surface area contributed by atoms with Crippen LogP contribution in [0.4, 0.5) is 5.69 Å². The van der Waals surface area contributed by atoms with E-state index >= 15 is 0 Å². The van der Waals surface area contributed by atoms with Crippen LogP contribution in [-0.2, 0) is 21.4 Å². The van der Waals surface area contributed by atoms with Gasteiger partial charge in [-0.15, -0.1) is 0 Å². The lowest BCUT2D eigenvalue weighted by atomic mass is 10.1. The van der Waals surface area contributed by atoms with Gasteiger partial charge in [0.2, 0.25) is 15.9 Å². The highest BCUT2D eigenvalue weighted by atomic mass is 32.2. The molecule has 0 saturated carbocycles. The molecule has 1 amide bonds. The smallest absolute Gasteiger partial charge is 0.266 e. The predicted octanol–water partition coefficient (Wildman–Crippen LogP) is 2.64. The van der Waals surface area contributed by atoms with E-state index in [0.717, 1.165) is 11.3 Å². The van der Waals surface area contributed by atoms with E-state index in [1.807, 2.05) is 31.2 Å². The number of rotatable bonds is 10. The summed E-state index contributed by atoms with van der Waals surface area (Å²) in [7, 11) is -3.79. The topological polar surface area (TPSA) is 119 Å². The quantitative estimate of drug-likeness (QED) is 0.470. The van der Waals surface area contributed by atoms with E-state index in [1.165, 1.54) is 35.0 Å². The standard InChI is InChI=1S/C23H26N4O5S/c1-3-22(28)25-18-7-11-20(12-8-18)33(30,31)24-15-16-27-23(29)14-13-21(26-27)17-5-9-19(10-6-17)32-4-2/h5-14,24H,3-4,15-16H2,1-2H3,(H,25,28). The van der Waals surface area contributed by atoms with Crippen molar-refractivity contribution in [1.82, 2.24) is 14.5 Å². The predicted molar refractivity (Wildman–Crippen MR) is 126 cm³/mol. The number of hydrogen-bond acceptors (Lipinski definition) is 6. The van der Waals surface area contributed by atoms with Crippen molar-refractivity contribution in [2.45, 2.75) is 31.7 Å². The summed E-state index contributed by atoms with van der Waals surface area (Å²) in [5, 5.41) is 7.01. The summed E-state index contributed by atoms with van der Waals surface area (Å²) in [5.41, 5.74) is 1.58. The number of sulfonamides is 1. The van der Waals surface area contributed by atoms with E-state index in [1.54, 1.807) is 13.0 Å². The molecule has 0 saturated heterocycles. The molecular formula is C23H26N4O5S. The molecule has 0 aliphatic carbocycles. The first-order valence-corrected chi connectivity index (χ1v) is 12.0. The normalized spacial score (nSPS) is 11.2. The van der Waals surface area contributed by atoms with E-state index in [2.05, 4.69) is 15.1 Å². The summed E-state index contributed by atoms with van der Waals surface area (Å²) in [5.74, 6) is 0.582. The minimum atomic E-state index is -3.79. The fourth-order valence-electron chi connectivity index (χ4n) is 2.99. The van der Waals surface area contributed by atoms with Crippen LogP contribution in [0.15, 0.2) is 70.4 Å². The molecule has 0 bridgehead atoms. The van der Waals surface area contributed by atoms with Gasteiger partial charge in [-0.2, -0.15) is 5.10 Å². The summed E-state index contributed by atoms with van der Waals surface area (Å²) < 4.78 is 34.2. The van der Waals surface area contributed by atoms with Crippen molar-refractivity contribution in [3.05, 3.63) is 71.0 Å². The highest BCUT2D eigenvalue weighted by Crippen LogP contribution is 2.20. The molecule has 0 aliphatic heterocycles. The van der Waals surface area contributed by atoms with Gasteiger partial charge >= 0.3 is 0 Å². The fourth-order valence-corrected chi connectivity index (χ4v) is 4.01. The van der Waals surface area contributed by atoms with Crippen LogP contribution in [0, 0.1) is 0 Å². The number of aromatic nitrogens is 2. The van der Waals surface area contributed by atoms with Crippen molar-refractivity contribution in [1.29, 1.82) is 0 Å². The van der Waals surface area contributed by atoms with Gasteiger partial charge in [-0.25, -0.2) is 17.8 Å². The maximum absolute atomic E-state index is 12.6. The maximum atomic E-state index is 12.6. The first kappa shape index (κ1) is 24.1. The van der Waals surface area contributed by atoms with Crippen LogP contribution >= 0.6 is 0 Å². The third-order valence-electron chi connectivity index (χ3n) is 4.71. The van der Waals surface area contributed by atoms with E-state index in [9.17, 15) is 18.0 Å². The third kappa shape index (κ3) is 6.50. The molecule has 2 N–H and O–H groups in total. The van der Waals surface area contributed by atoms with Crippen molar-refractivity contribution < 1.29 is 17.9 Å². The number of hydrogen-bond donors (Lipinski definition) is 2. The number of ether oxygens (including phenoxy) is 1. The summed E-state index contributed by atoms with van der Waals surface area (Å²) >= 11 is 0. The fraction of sp³-hybridized carbons (Fsp3) is 0.261. The Bertz CT molecular complexity index is 1250. The van der Waals surface area contributed by atoms with Crippen LogP contribution in [-0.4, -0.2) is 37.3 Å². The Morgan fingerprint density at radius 3 is 2.33 bits per heavy atom. The van der Waals surface area contributed by atoms with Crippen LogP contribution < -0.4 is 20.3 Å². The number of nitrogens with zero attached hydrogens (tertiary/aromatic N) is 2. The van der Waals surface area contributed by atoms with Gasteiger partial charge < -0.3 is 10.1 Å².